The molecule has 1 aliphatic heterocycles. The number of amides is 2. The molecular weight excluding hydrogens is 327 g/mol. The SMILES string of the molecule is CC(C)(C)OC(=O)NC/C(=C\F)C(O)c1ccc2c(c1)NC(=O)CC2. The number of fused-ring (bicyclic) bond motifs is 1. The molecule has 0 saturated carbocycles. The molecule has 1 aromatic carbocycles. The molecule has 7 heteroatoms. The number of carbonyl (C=O) groups excluding carboxylic acids is 2. The Morgan fingerprint density at radius 1 is 1.44 bits per heavy atom. The first-order chi connectivity index (χ1) is 11.7. The van der Waals surface area contributed by atoms with Crippen LogP contribution in [0, 0.1) is 0 Å². The van der Waals surface area contributed by atoms with Gasteiger partial charge in [0.15, 0.2) is 0 Å². The number of aryl methyl sites for hydroxylation is 1. The van der Waals surface area contributed by atoms with Crippen LogP contribution in [-0.4, -0.2) is 29.3 Å². The van der Waals surface area contributed by atoms with Crippen LogP contribution in [0.5, 0.6) is 0 Å². The lowest BCUT2D eigenvalue weighted by Gasteiger charge is -2.22. The monoisotopic (exact) mass is 350 g/mol. The lowest BCUT2D eigenvalue weighted by Crippen LogP contribution is -2.34. The van der Waals surface area contributed by atoms with Crippen molar-refractivity contribution in [3.63, 3.8) is 0 Å². The van der Waals surface area contributed by atoms with Crippen LogP contribution < -0.4 is 10.6 Å². The predicted octanol–water partition coefficient (Wildman–Crippen LogP) is 2.98. The molecule has 3 N–H and O–H groups in total. The van der Waals surface area contributed by atoms with Crippen LogP contribution in [-0.2, 0) is 16.0 Å². The second kappa shape index (κ2) is 7.65. The highest BCUT2D eigenvalue weighted by Crippen LogP contribution is 2.29. The average molecular weight is 350 g/mol. The molecule has 1 atom stereocenters. The van der Waals surface area contributed by atoms with Crippen molar-refractivity contribution in [1.29, 1.82) is 0 Å². The van der Waals surface area contributed by atoms with Crippen LogP contribution in [0.4, 0.5) is 14.9 Å². The number of rotatable bonds is 4. The van der Waals surface area contributed by atoms with E-state index in [0.717, 1.165) is 5.56 Å². The van der Waals surface area contributed by atoms with Gasteiger partial charge in [-0.25, -0.2) is 9.18 Å². The van der Waals surface area contributed by atoms with Gasteiger partial charge in [0.25, 0.3) is 0 Å². The summed E-state index contributed by atoms with van der Waals surface area (Å²) in [4.78, 5) is 23.1. The van der Waals surface area contributed by atoms with Gasteiger partial charge in [-0.05, 0) is 44.4 Å². The van der Waals surface area contributed by atoms with E-state index < -0.39 is 17.8 Å². The maximum atomic E-state index is 13.2. The zero-order chi connectivity index (χ0) is 18.6. The summed E-state index contributed by atoms with van der Waals surface area (Å²) >= 11 is 0. The molecule has 25 heavy (non-hydrogen) atoms. The molecule has 2 amide bonds. The maximum absolute atomic E-state index is 13.2. The fourth-order valence-electron chi connectivity index (χ4n) is 2.46. The fraction of sp³-hybridized carbons (Fsp3) is 0.444. The van der Waals surface area contributed by atoms with Crippen LogP contribution in [0.2, 0.25) is 0 Å². The summed E-state index contributed by atoms with van der Waals surface area (Å²) in [6.07, 6.45) is -0.630. The van der Waals surface area contributed by atoms with Gasteiger partial charge < -0.3 is 20.5 Å². The van der Waals surface area contributed by atoms with Gasteiger partial charge >= 0.3 is 6.09 Å². The molecule has 1 heterocycles. The molecular formula is C18H23FN2O4. The largest absolute Gasteiger partial charge is 0.444 e. The molecule has 0 spiro atoms. The first kappa shape index (κ1) is 18.9. The Morgan fingerprint density at radius 2 is 2.16 bits per heavy atom. The highest BCUT2D eigenvalue weighted by Gasteiger charge is 2.21. The number of benzene rings is 1. The molecule has 1 aromatic rings. The van der Waals surface area contributed by atoms with Crippen molar-refractivity contribution >= 4 is 17.7 Å². The van der Waals surface area contributed by atoms with E-state index in [0.29, 0.717) is 24.1 Å². The number of halogens is 1. The summed E-state index contributed by atoms with van der Waals surface area (Å²) < 4.78 is 18.3. The molecule has 0 bridgehead atoms. The molecule has 0 saturated heterocycles. The number of hydrogen-bond acceptors (Lipinski definition) is 4. The summed E-state index contributed by atoms with van der Waals surface area (Å²) in [5, 5.41) is 15.5. The number of aliphatic hydroxyl groups excluding tert-OH is 1. The van der Waals surface area contributed by atoms with E-state index in [1.54, 1.807) is 39.0 Å². The van der Waals surface area contributed by atoms with Gasteiger partial charge in [-0.3, -0.25) is 4.79 Å². The van der Waals surface area contributed by atoms with Crippen molar-refractivity contribution in [1.82, 2.24) is 5.32 Å². The molecule has 0 aromatic heterocycles. The van der Waals surface area contributed by atoms with E-state index >= 15 is 0 Å². The average Bonchev–Trinajstić information content (AvgIpc) is 2.52. The van der Waals surface area contributed by atoms with Gasteiger partial charge in [-0.1, -0.05) is 12.1 Å². The normalized spacial score (nSPS) is 15.9. The van der Waals surface area contributed by atoms with Crippen LogP contribution in [0.1, 0.15) is 44.4 Å². The van der Waals surface area contributed by atoms with Crippen molar-refractivity contribution in [3.05, 3.63) is 41.2 Å². The molecule has 0 fully saturated rings. The number of aliphatic hydroxyl groups is 1. The summed E-state index contributed by atoms with van der Waals surface area (Å²) in [5.74, 6) is -0.0908. The minimum atomic E-state index is -1.25. The molecule has 1 unspecified atom stereocenters. The van der Waals surface area contributed by atoms with Crippen molar-refractivity contribution < 1.29 is 23.8 Å². The molecule has 0 radical (unpaired) electrons. The van der Waals surface area contributed by atoms with Crippen LogP contribution in [0.25, 0.3) is 0 Å². The number of ether oxygens (including phenoxy) is 1. The van der Waals surface area contributed by atoms with Crippen LogP contribution in [0.15, 0.2) is 30.1 Å². The van der Waals surface area contributed by atoms with E-state index in [9.17, 15) is 19.1 Å². The maximum Gasteiger partial charge on any atom is 0.407 e. The molecule has 0 aliphatic carbocycles. The third kappa shape index (κ3) is 5.29. The zero-order valence-corrected chi connectivity index (χ0v) is 14.6. The Bertz CT molecular complexity index is 695. The van der Waals surface area contributed by atoms with Gasteiger partial charge in [0.05, 0.1) is 6.33 Å². The number of hydrogen-bond donors (Lipinski definition) is 3. The van der Waals surface area contributed by atoms with Gasteiger partial charge in [0.1, 0.15) is 11.7 Å². The Morgan fingerprint density at radius 3 is 2.80 bits per heavy atom. The molecule has 6 nitrogen and oxygen atoms in total. The van der Waals surface area contributed by atoms with Crippen molar-refractivity contribution in [2.75, 3.05) is 11.9 Å². The molecule has 2 rings (SSSR count). The fourth-order valence-corrected chi connectivity index (χ4v) is 2.46. The lowest BCUT2D eigenvalue weighted by molar-refractivity contribution is -0.116. The van der Waals surface area contributed by atoms with E-state index in [4.69, 9.17) is 4.74 Å². The predicted molar refractivity (Wildman–Crippen MR) is 91.8 cm³/mol. The quantitative estimate of drug-likeness (QED) is 0.779. The topological polar surface area (TPSA) is 87.7 Å². The highest BCUT2D eigenvalue weighted by molar-refractivity contribution is 5.94. The number of alkyl carbamates (subject to hydrolysis) is 1. The minimum Gasteiger partial charge on any atom is -0.444 e. The van der Waals surface area contributed by atoms with Crippen molar-refractivity contribution in [2.45, 2.75) is 45.3 Å². The standard InChI is InChI=1S/C18H23FN2O4/c1-18(2,3)25-17(24)20-10-13(9-19)16(23)12-5-4-11-6-7-15(22)21-14(11)8-12/h4-5,8-9,16,23H,6-7,10H2,1-3H3,(H,20,24)(H,21,22)/b13-9+. The number of anilines is 1. The molecule has 136 valence electrons. The lowest BCUT2D eigenvalue weighted by atomic mass is 9.96. The van der Waals surface area contributed by atoms with E-state index in [-0.39, 0.29) is 24.4 Å². The summed E-state index contributed by atoms with van der Waals surface area (Å²) in [6.45, 7) is 4.95. The van der Waals surface area contributed by atoms with Crippen molar-refractivity contribution in [2.24, 2.45) is 0 Å². The third-order valence-corrected chi connectivity index (χ3v) is 3.67. The van der Waals surface area contributed by atoms with E-state index in [1.807, 2.05) is 0 Å². The second-order valence-corrected chi connectivity index (χ2v) is 6.91. The Hall–Kier alpha value is -2.41. The Labute approximate surface area is 146 Å². The molecule has 1 aliphatic rings. The minimum absolute atomic E-state index is 0.0204. The van der Waals surface area contributed by atoms with Gasteiger partial charge in [0.2, 0.25) is 5.91 Å². The van der Waals surface area contributed by atoms with Crippen LogP contribution >= 0.6 is 0 Å². The highest BCUT2D eigenvalue weighted by atomic mass is 19.1. The third-order valence-electron chi connectivity index (χ3n) is 3.67. The summed E-state index contributed by atoms with van der Waals surface area (Å²) in [5.41, 5.74) is 1.32. The zero-order valence-electron chi connectivity index (χ0n) is 14.6. The van der Waals surface area contributed by atoms with Crippen LogP contribution in [0.3, 0.4) is 0 Å². The van der Waals surface area contributed by atoms with E-state index in [2.05, 4.69) is 10.6 Å². The smallest absolute Gasteiger partial charge is 0.407 e. The summed E-state index contributed by atoms with van der Waals surface area (Å²) in [7, 11) is 0. The number of nitrogens with one attached hydrogen (secondary N) is 2. The first-order valence-corrected chi connectivity index (χ1v) is 8.06. The number of carbonyl (C=O) groups is 2. The van der Waals surface area contributed by atoms with E-state index in [1.165, 1.54) is 0 Å². The van der Waals surface area contributed by atoms with Gasteiger partial charge in [-0.15, -0.1) is 0 Å². The van der Waals surface area contributed by atoms with Crippen molar-refractivity contribution in [3.8, 4) is 0 Å². The Kier molecular flexibility index (Phi) is 5.79. The van der Waals surface area contributed by atoms with Gasteiger partial charge in [-0.2, -0.15) is 0 Å². The summed E-state index contributed by atoms with van der Waals surface area (Å²) in [6, 6.07) is 5.09. The Balaban J connectivity index is 2.05. The van der Waals surface area contributed by atoms with Gasteiger partial charge in [0, 0.05) is 24.2 Å². The first-order valence-electron chi connectivity index (χ1n) is 8.06. The second-order valence-electron chi connectivity index (χ2n) is 6.91.